The van der Waals surface area contributed by atoms with Crippen LogP contribution in [0.2, 0.25) is 0 Å². The SMILES string of the molecule is NC(=O)c1csc(C[SH](=O)=O)n1. The van der Waals surface area contributed by atoms with Crippen molar-refractivity contribution < 1.29 is 13.2 Å². The average Bonchev–Trinajstić information content (AvgIpc) is 2.34. The molecule has 7 heteroatoms. The number of thiol groups is 1. The average molecular weight is 206 g/mol. The Morgan fingerprint density at radius 1 is 1.67 bits per heavy atom. The number of nitrogens with two attached hydrogens (primary N) is 1. The van der Waals surface area contributed by atoms with Gasteiger partial charge in [0.2, 0.25) is 0 Å². The Kier molecular flexibility index (Phi) is 2.77. The fourth-order valence-electron chi connectivity index (χ4n) is 0.607. The Bertz CT molecular complexity index is 361. The molecule has 2 N–H and O–H groups in total. The summed E-state index contributed by atoms with van der Waals surface area (Å²) in [4.78, 5) is 14.2. The molecule has 0 aliphatic heterocycles. The van der Waals surface area contributed by atoms with Gasteiger partial charge in [-0.15, -0.1) is 11.3 Å². The first-order chi connectivity index (χ1) is 5.59. The Balaban J connectivity index is 2.84. The number of hydrogen-bond acceptors (Lipinski definition) is 5. The molecule has 0 radical (unpaired) electrons. The number of rotatable bonds is 3. The lowest BCUT2D eigenvalue weighted by Gasteiger charge is -1.83. The van der Waals surface area contributed by atoms with Gasteiger partial charge in [0, 0.05) is 5.38 Å². The molecule has 0 fully saturated rings. The van der Waals surface area contributed by atoms with Crippen LogP contribution in [0.5, 0.6) is 0 Å². The van der Waals surface area contributed by atoms with Gasteiger partial charge in [0.1, 0.15) is 21.4 Å². The molecule has 0 saturated carbocycles. The summed E-state index contributed by atoms with van der Waals surface area (Å²) in [7, 11) is -2.49. The molecular weight excluding hydrogens is 200 g/mol. The highest BCUT2D eigenvalue weighted by molar-refractivity contribution is 7.71. The molecule has 1 heterocycles. The van der Waals surface area contributed by atoms with Crippen LogP contribution in [-0.2, 0) is 16.5 Å². The van der Waals surface area contributed by atoms with Crippen LogP contribution in [0, 0.1) is 0 Å². The van der Waals surface area contributed by atoms with Crippen LogP contribution in [0.1, 0.15) is 15.5 Å². The van der Waals surface area contributed by atoms with Gasteiger partial charge in [0.05, 0.1) is 5.75 Å². The number of primary amides is 1. The quantitative estimate of drug-likeness (QED) is 0.643. The first-order valence-electron chi connectivity index (χ1n) is 2.95. The van der Waals surface area contributed by atoms with Gasteiger partial charge in [0.15, 0.2) is 0 Å². The summed E-state index contributed by atoms with van der Waals surface area (Å²) in [6, 6.07) is 0. The minimum Gasteiger partial charge on any atom is -0.364 e. The predicted octanol–water partition coefficient (Wildman–Crippen LogP) is -0.647. The van der Waals surface area contributed by atoms with Gasteiger partial charge in [-0.2, -0.15) is 0 Å². The molecule has 5 nitrogen and oxygen atoms in total. The van der Waals surface area contributed by atoms with Crippen molar-refractivity contribution in [3.05, 3.63) is 16.1 Å². The molecule has 1 amide bonds. The minimum atomic E-state index is -2.49. The van der Waals surface area contributed by atoms with Gasteiger partial charge in [0.25, 0.3) is 5.91 Å². The summed E-state index contributed by atoms with van der Waals surface area (Å²) in [5, 5.41) is 1.83. The largest absolute Gasteiger partial charge is 0.364 e. The summed E-state index contributed by atoms with van der Waals surface area (Å²) in [5.74, 6) is -0.772. The van der Waals surface area contributed by atoms with Gasteiger partial charge >= 0.3 is 0 Å². The molecule has 0 bridgehead atoms. The fourth-order valence-corrected chi connectivity index (χ4v) is 2.08. The molecular formula is C5H6N2O3S2. The first kappa shape index (κ1) is 9.14. The fraction of sp³-hybridized carbons (Fsp3) is 0.200. The molecule has 1 rings (SSSR count). The van der Waals surface area contributed by atoms with Crippen molar-refractivity contribution in [1.82, 2.24) is 4.98 Å². The van der Waals surface area contributed by atoms with E-state index < -0.39 is 16.6 Å². The highest BCUT2D eigenvalue weighted by atomic mass is 32.2. The normalized spacial score (nSPS) is 10.4. The Hall–Kier alpha value is -0.950. The van der Waals surface area contributed by atoms with Crippen molar-refractivity contribution in [3.63, 3.8) is 0 Å². The van der Waals surface area contributed by atoms with Crippen molar-refractivity contribution in [2.24, 2.45) is 5.73 Å². The molecule has 0 saturated heterocycles. The van der Waals surface area contributed by atoms with Crippen LogP contribution < -0.4 is 5.73 Å². The van der Waals surface area contributed by atoms with E-state index in [0.717, 1.165) is 11.3 Å². The molecule has 66 valence electrons. The monoisotopic (exact) mass is 206 g/mol. The van der Waals surface area contributed by atoms with Crippen molar-refractivity contribution in [3.8, 4) is 0 Å². The number of carbonyl (C=O) groups excluding carboxylic acids is 1. The second kappa shape index (κ2) is 3.63. The summed E-state index contributed by atoms with van der Waals surface area (Å²) in [5.41, 5.74) is 5.03. The van der Waals surface area contributed by atoms with E-state index in [1.54, 1.807) is 0 Å². The summed E-state index contributed by atoms with van der Waals surface area (Å²) < 4.78 is 20.5. The zero-order valence-corrected chi connectivity index (χ0v) is 7.60. The van der Waals surface area contributed by atoms with Crippen LogP contribution in [0.3, 0.4) is 0 Å². The maximum atomic E-state index is 10.5. The topological polar surface area (TPSA) is 90.1 Å². The number of carbonyl (C=O) groups is 1. The number of amides is 1. The Morgan fingerprint density at radius 2 is 2.33 bits per heavy atom. The Labute approximate surface area is 74.2 Å². The van der Waals surface area contributed by atoms with Crippen LogP contribution in [0.25, 0.3) is 0 Å². The maximum Gasteiger partial charge on any atom is 0.268 e. The van der Waals surface area contributed by atoms with Crippen LogP contribution in [0.4, 0.5) is 0 Å². The first-order valence-corrected chi connectivity index (χ1v) is 5.20. The van der Waals surface area contributed by atoms with E-state index in [1.807, 2.05) is 0 Å². The number of thiazole rings is 1. The van der Waals surface area contributed by atoms with Crippen molar-refractivity contribution >= 4 is 27.9 Å². The lowest BCUT2D eigenvalue weighted by atomic mass is 10.5. The number of nitrogens with zero attached hydrogens (tertiary/aromatic N) is 1. The minimum absolute atomic E-state index is 0.117. The molecule has 0 aromatic carbocycles. The number of hydrogen-bond donors (Lipinski definition) is 2. The Morgan fingerprint density at radius 3 is 2.75 bits per heavy atom. The molecule has 0 unspecified atom stereocenters. The standard InChI is InChI=1S/C5H6N2O3S2/c6-5(8)3-1-11-4(7-3)2-12(9)10/h1,12H,2H2,(H2,6,8). The van der Waals surface area contributed by atoms with Gasteiger partial charge in [-0.25, -0.2) is 13.4 Å². The summed E-state index contributed by atoms with van der Waals surface area (Å²) in [6.07, 6.45) is 0. The molecule has 1 aromatic heterocycles. The van der Waals surface area contributed by atoms with E-state index in [4.69, 9.17) is 5.73 Å². The highest BCUT2D eigenvalue weighted by Crippen LogP contribution is 2.09. The van der Waals surface area contributed by atoms with E-state index in [1.165, 1.54) is 5.38 Å². The zero-order valence-electron chi connectivity index (χ0n) is 5.89. The highest BCUT2D eigenvalue weighted by Gasteiger charge is 2.06. The molecule has 0 atom stereocenters. The molecule has 0 aliphatic carbocycles. The molecule has 12 heavy (non-hydrogen) atoms. The lowest BCUT2D eigenvalue weighted by molar-refractivity contribution is 0.0996. The second-order valence-corrected chi connectivity index (χ2v) is 3.91. The van der Waals surface area contributed by atoms with E-state index in [2.05, 4.69) is 4.98 Å². The predicted molar refractivity (Wildman–Crippen MR) is 44.7 cm³/mol. The zero-order chi connectivity index (χ0) is 9.14. The summed E-state index contributed by atoms with van der Waals surface area (Å²) >= 11 is 1.11. The molecule has 1 aromatic rings. The van der Waals surface area contributed by atoms with Gasteiger partial charge in [-0.3, -0.25) is 4.79 Å². The third kappa shape index (κ3) is 2.28. The van der Waals surface area contributed by atoms with Crippen LogP contribution >= 0.6 is 11.3 Å². The van der Waals surface area contributed by atoms with E-state index in [9.17, 15) is 13.2 Å². The smallest absolute Gasteiger partial charge is 0.268 e. The third-order valence-corrected chi connectivity index (χ3v) is 2.69. The van der Waals surface area contributed by atoms with Crippen molar-refractivity contribution in [2.75, 3.05) is 0 Å². The van der Waals surface area contributed by atoms with Gasteiger partial charge in [-0.05, 0) is 0 Å². The van der Waals surface area contributed by atoms with E-state index in [0.29, 0.717) is 5.01 Å². The second-order valence-electron chi connectivity index (χ2n) is 1.98. The number of aromatic nitrogens is 1. The third-order valence-electron chi connectivity index (χ3n) is 1.07. The van der Waals surface area contributed by atoms with E-state index in [-0.39, 0.29) is 11.4 Å². The van der Waals surface area contributed by atoms with Crippen molar-refractivity contribution in [2.45, 2.75) is 5.75 Å². The maximum absolute atomic E-state index is 10.5. The van der Waals surface area contributed by atoms with Crippen LogP contribution in [0.15, 0.2) is 5.38 Å². The van der Waals surface area contributed by atoms with E-state index >= 15 is 0 Å². The van der Waals surface area contributed by atoms with Crippen molar-refractivity contribution in [1.29, 1.82) is 0 Å². The molecule has 0 spiro atoms. The molecule has 0 aliphatic rings. The summed E-state index contributed by atoms with van der Waals surface area (Å²) in [6.45, 7) is 0. The van der Waals surface area contributed by atoms with Crippen LogP contribution in [-0.4, -0.2) is 19.3 Å². The lowest BCUT2D eigenvalue weighted by Crippen LogP contribution is -2.11. The van der Waals surface area contributed by atoms with Gasteiger partial charge < -0.3 is 5.73 Å². The van der Waals surface area contributed by atoms with Gasteiger partial charge in [-0.1, -0.05) is 0 Å².